The first-order valence-corrected chi connectivity index (χ1v) is 10.7. The lowest BCUT2D eigenvalue weighted by Crippen LogP contribution is -2.41. The fourth-order valence-corrected chi connectivity index (χ4v) is 3.99. The summed E-state index contributed by atoms with van der Waals surface area (Å²) in [6, 6.07) is 29.0. The molecule has 0 saturated heterocycles. The van der Waals surface area contributed by atoms with Crippen LogP contribution < -0.4 is 11.1 Å². The zero-order chi connectivity index (χ0) is 22.5. The Bertz CT molecular complexity index is 1150. The normalized spacial score (nSPS) is 11.9. The van der Waals surface area contributed by atoms with Crippen molar-refractivity contribution in [3.63, 3.8) is 0 Å². The molecule has 1 aromatic heterocycles. The van der Waals surface area contributed by atoms with Gasteiger partial charge in [-0.2, -0.15) is 0 Å². The van der Waals surface area contributed by atoms with E-state index in [9.17, 15) is 4.79 Å². The highest BCUT2D eigenvalue weighted by Gasteiger charge is 2.27. The molecule has 0 spiro atoms. The molecule has 1 unspecified atom stereocenters. The standard InChI is InChI=1S/C28H27N3O/c1-19-20(2)30-18-17-25(19)21-13-15-24(16-14-21)31-28(32)27(29)26(22-9-5-3-6-10-22)23-11-7-4-8-12-23/h3-18,26-27H,29H2,1-2H3,(H,31,32). The van der Waals surface area contributed by atoms with E-state index in [-0.39, 0.29) is 11.8 Å². The minimum absolute atomic E-state index is 0.216. The predicted molar refractivity (Wildman–Crippen MR) is 130 cm³/mol. The van der Waals surface area contributed by atoms with E-state index in [4.69, 9.17) is 5.73 Å². The van der Waals surface area contributed by atoms with Crippen molar-refractivity contribution in [1.29, 1.82) is 0 Å². The summed E-state index contributed by atoms with van der Waals surface area (Å²) in [5.41, 5.74) is 13.6. The molecule has 0 aliphatic heterocycles. The van der Waals surface area contributed by atoms with E-state index >= 15 is 0 Å². The van der Waals surface area contributed by atoms with Crippen LogP contribution in [-0.4, -0.2) is 16.9 Å². The third kappa shape index (κ3) is 4.61. The molecule has 32 heavy (non-hydrogen) atoms. The van der Waals surface area contributed by atoms with E-state index in [2.05, 4.69) is 17.2 Å². The van der Waals surface area contributed by atoms with Gasteiger partial charge in [0.15, 0.2) is 0 Å². The van der Waals surface area contributed by atoms with Gasteiger partial charge in [0.1, 0.15) is 0 Å². The maximum atomic E-state index is 13.1. The lowest BCUT2D eigenvalue weighted by molar-refractivity contribution is -0.117. The first-order valence-electron chi connectivity index (χ1n) is 10.7. The van der Waals surface area contributed by atoms with Crippen molar-refractivity contribution in [3.05, 3.63) is 120 Å². The molecule has 1 heterocycles. The predicted octanol–water partition coefficient (Wildman–Crippen LogP) is 5.46. The summed E-state index contributed by atoms with van der Waals surface area (Å²) in [5.74, 6) is -0.453. The van der Waals surface area contributed by atoms with Crippen molar-refractivity contribution in [3.8, 4) is 11.1 Å². The van der Waals surface area contributed by atoms with Gasteiger partial charge in [0.05, 0.1) is 6.04 Å². The van der Waals surface area contributed by atoms with Crippen LogP contribution >= 0.6 is 0 Å². The van der Waals surface area contributed by atoms with Gasteiger partial charge in [-0.15, -0.1) is 0 Å². The average Bonchev–Trinajstić information content (AvgIpc) is 2.83. The van der Waals surface area contributed by atoms with Crippen LogP contribution in [0.25, 0.3) is 11.1 Å². The number of carbonyl (C=O) groups is 1. The summed E-state index contributed by atoms with van der Waals surface area (Å²) in [4.78, 5) is 17.4. The van der Waals surface area contributed by atoms with E-state index in [1.807, 2.05) is 104 Å². The second-order valence-electron chi connectivity index (χ2n) is 7.96. The van der Waals surface area contributed by atoms with Crippen molar-refractivity contribution < 1.29 is 4.79 Å². The number of hydrogen-bond donors (Lipinski definition) is 2. The Balaban J connectivity index is 1.55. The molecule has 4 nitrogen and oxygen atoms in total. The molecule has 0 aliphatic carbocycles. The van der Waals surface area contributed by atoms with Crippen LogP contribution in [0.15, 0.2) is 97.2 Å². The summed E-state index contributed by atoms with van der Waals surface area (Å²) in [6.45, 7) is 4.07. The molecule has 4 heteroatoms. The van der Waals surface area contributed by atoms with Crippen LogP contribution in [0, 0.1) is 13.8 Å². The zero-order valence-corrected chi connectivity index (χ0v) is 18.3. The fourth-order valence-electron chi connectivity index (χ4n) is 3.99. The highest BCUT2D eigenvalue weighted by molar-refractivity contribution is 5.96. The number of benzene rings is 3. The second-order valence-corrected chi connectivity index (χ2v) is 7.96. The number of anilines is 1. The van der Waals surface area contributed by atoms with Gasteiger partial charge in [0.2, 0.25) is 5.91 Å². The number of nitrogens with one attached hydrogen (secondary N) is 1. The molecular formula is C28H27N3O. The molecule has 0 radical (unpaired) electrons. The van der Waals surface area contributed by atoms with Gasteiger partial charge in [-0.25, -0.2) is 0 Å². The van der Waals surface area contributed by atoms with Crippen LogP contribution in [0.4, 0.5) is 5.69 Å². The number of carbonyl (C=O) groups excluding carboxylic acids is 1. The Kier molecular flexibility index (Phi) is 6.43. The Hall–Kier alpha value is -3.76. The highest BCUT2D eigenvalue weighted by Crippen LogP contribution is 2.29. The summed E-state index contributed by atoms with van der Waals surface area (Å²) >= 11 is 0. The van der Waals surface area contributed by atoms with E-state index in [1.165, 1.54) is 0 Å². The Morgan fingerprint density at radius 3 is 1.94 bits per heavy atom. The maximum absolute atomic E-state index is 13.1. The molecule has 4 aromatic rings. The quantitative estimate of drug-likeness (QED) is 0.434. The van der Waals surface area contributed by atoms with Gasteiger partial charge in [0.25, 0.3) is 0 Å². The summed E-state index contributed by atoms with van der Waals surface area (Å²) in [5, 5.41) is 2.99. The van der Waals surface area contributed by atoms with Crippen LogP contribution in [-0.2, 0) is 4.79 Å². The highest BCUT2D eigenvalue weighted by atomic mass is 16.2. The first kappa shape index (κ1) is 21.5. The Morgan fingerprint density at radius 2 is 1.38 bits per heavy atom. The molecule has 0 fully saturated rings. The number of nitrogens with two attached hydrogens (primary N) is 1. The van der Waals surface area contributed by atoms with Gasteiger partial charge >= 0.3 is 0 Å². The number of rotatable bonds is 6. The number of amides is 1. The number of nitrogens with zero attached hydrogens (tertiary/aromatic N) is 1. The van der Waals surface area contributed by atoms with E-state index in [0.29, 0.717) is 0 Å². The molecule has 160 valence electrons. The Labute approximate surface area is 189 Å². The lowest BCUT2D eigenvalue weighted by Gasteiger charge is -2.24. The van der Waals surface area contributed by atoms with Gasteiger partial charge in [-0.1, -0.05) is 72.8 Å². The number of hydrogen-bond acceptors (Lipinski definition) is 3. The molecule has 0 bridgehead atoms. The van der Waals surface area contributed by atoms with Gasteiger partial charge in [0, 0.05) is 23.5 Å². The van der Waals surface area contributed by atoms with Gasteiger partial charge < -0.3 is 11.1 Å². The topological polar surface area (TPSA) is 68.0 Å². The van der Waals surface area contributed by atoms with E-state index in [0.717, 1.165) is 39.2 Å². The third-order valence-electron chi connectivity index (χ3n) is 5.90. The summed E-state index contributed by atoms with van der Waals surface area (Å²) in [6.07, 6.45) is 1.82. The molecule has 0 saturated carbocycles. The smallest absolute Gasteiger partial charge is 0.242 e. The van der Waals surface area contributed by atoms with Crippen LogP contribution in [0.3, 0.4) is 0 Å². The van der Waals surface area contributed by atoms with Crippen molar-refractivity contribution in [2.45, 2.75) is 25.8 Å². The number of aryl methyl sites for hydroxylation is 1. The minimum Gasteiger partial charge on any atom is -0.325 e. The largest absolute Gasteiger partial charge is 0.325 e. The molecule has 3 aromatic carbocycles. The second kappa shape index (κ2) is 9.58. The number of pyridine rings is 1. The van der Waals surface area contributed by atoms with Crippen molar-refractivity contribution in [2.75, 3.05) is 5.32 Å². The fraction of sp³-hybridized carbons (Fsp3) is 0.143. The summed E-state index contributed by atoms with van der Waals surface area (Å²) in [7, 11) is 0. The SMILES string of the molecule is Cc1nccc(-c2ccc(NC(=O)C(N)C(c3ccccc3)c3ccccc3)cc2)c1C. The molecular weight excluding hydrogens is 394 g/mol. The van der Waals surface area contributed by atoms with Gasteiger partial charge in [-0.3, -0.25) is 9.78 Å². The third-order valence-corrected chi connectivity index (χ3v) is 5.90. The lowest BCUT2D eigenvalue weighted by atomic mass is 9.85. The van der Waals surface area contributed by atoms with Crippen LogP contribution in [0.2, 0.25) is 0 Å². The van der Waals surface area contributed by atoms with Crippen molar-refractivity contribution >= 4 is 11.6 Å². The van der Waals surface area contributed by atoms with Crippen molar-refractivity contribution in [2.24, 2.45) is 5.73 Å². The van der Waals surface area contributed by atoms with E-state index < -0.39 is 6.04 Å². The molecule has 1 atom stereocenters. The molecule has 3 N–H and O–H groups in total. The summed E-state index contributed by atoms with van der Waals surface area (Å²) < 4.78 is 0. The minimum atomic E-state index is -0.732. The molecule has 1 amide bonds. The monoisotopic (exact) mass is 421 g/mol. The first-order chi connectivity index (χ1) is 15.5. The number of aromatic nitrogens is 1. The van der Waals surface area contributed by atoms with E-state index in [1.54, 1.807) is 0 Å². The van der Waals surface area contributed by atoms with Crippen LogP contribution in [0.1, 0.15) is 28.3 Å². The zero-order valence-electron chi connectivity index (χ0n) is 18.3. The average molecular weight is 422 g/mol. The molecule has 4 rings (SSSR count). The molecule has 0 aliphatic rings. The van der Waals surface area contributed by atoms with Crippen molar-refractivity contribution in [1.82, 2.24) is 4.98 Å². The van der Waals surface area contributed by atoms with Gasteiger partial charge in [-0.05, 0) is 59.9 Å². The maximum Gasteiger partial charge on any atom is 0.242 e. The van der Waals surface area contributed by atoms with Crippen LogP contribution in [0.5, 0.6) is 0 Å². The Morgan fingerprint density at radius 1 is 0.812 bits per heavy atom.